The zero-order valence-corrected chi connectivity index (χ0v) is 15.6. The van der Waals surface area contributed by atoms with Gasteiger partial charge in [-0.1, -0.05) is 103 Å². The molecule has 0 aliphatic heterocycles. The van der Waals surface area contributed by atoms with Crippen molar-refractivity contribution in [1.82, 2.24) is 0 Å². The molecule has 0 N–H and O–H groups in total. The molecule has 0 bridgehead atoms. The minimum absolute atomic E-state index is 0.414. The number of allylic oxidation sites excluding steroid dienone is 7. The molecule has 6 rings (SSSR count). The van der Waals surface area contributed by atoms with Crippen molar-refractivity contribution in [3.05, 3.63) is 125 Å². The first-order valence-corrected chi connectivity index (χ1v) is 9.96. The van der Waals surface area contributed by atoms with Crippen LogP contribution in [-0.2, 0) is 6.42 Å². The van der Waals surface area contributed by atoms with Gasteiger partial charge in [0.05, 0.1) is 0 Å². The van der Waals surface area contributed by atoms with Crippen molar-refractivity contribution < 1.29 is 0 Å². The first-order valence-electron chi connectivity index (χ1n) is 9.96. The Bertz CT molecular complexity index is 1200. The minimum Gasteiger partial charge on any atom is -0.0759 e. The van der Waals surface area contributed by atoms with E-state index >= 15 is 0 Å². The van der Waals surface area contributed by atoms with E-state index in [1.165, 1.54) is 50.1 Å². The fraction of sp³-hybridized carbons (Fsp3) is 0.0714. The molecule has 3 aromatic rings. The van der Waals surface area contributed by atoms with Gasteiger partial charge in [0, 0.05) is 5.92 Å². The lowest BCUT2D eigenvalue weighted by molar-refractivity contribution is 0.893. The molecule has 0 radical (unpaired) electrons. The molecule has 132 valence electrons. The third kappa shape index (κ3) is 2.31. The quantitative estimate of drug-likeness (QED) is 0.459. The van der Waals surface area contributed by atoms with Crippen LogP contribution >= 0.6 is 0 Å². The fourth-order valence-electron chi connectivity index (χ4n) is 4.86. The van der Waals surface area contributed by atoms with Crippen molar-refractivity contribution in [1.29, 1.82) is 0 Å². The Kier molecular flexibility index (Phi) is 3.39. The highest BCUT2D eigenvalue weighted by Gasteiger charge is 2.31. The zero-order chi connectivity index (χ0) is 18.5. The molecule has 0 nitrogen and oxygen atoms in total. The molecule has 1 unspecified atom stereocenters. The van der Waals surface area contributed by atoms with E-state index in [0.29, 0.717) is 5.92 Å². The summed E-state index contributed by atoms with van der Waals surface area (Å²) in [6.07, 6.45) is 14.7. The van der Waals surface area contributed by atoms with Crippen LogP contribution < -0.4 is 0 Å². The lowest BCUT2D eigenvalue weighted by Crippen LogP contribution is -2.18. The van der Waals surface area contributed by atoms with Crippen molar-refractivity contribution in [3.63, 3.8) is 0 Å². The summed E-state index contributed by atoms with van der Waals surface area (Å²) in [5, 5.41) is 0. The fourth-order valence-corrected chi connectivity index (χ4v) is 4.86. The van der Waals surface area contributed by atoms with Gasteiger partial charge in [0.1, 0.15) is 0 Å². The van der Waals surface area contributed by atoms with E-state index in [0.717, 1.165) is 6.42 Å². The highest BCUT2D eigenvalue weighted by molar-refractivity contribution is 5.80. The van der Waals surface area contributed by atoms with Gasteiger partial charge in [-0.2, -0.15) is 0 Å². The third-order valence-electron chi connectivity index (χ3n) is 6.22. The van der Waals surface area contributed by atoms with Crippen LogP contribution in [0.25, 0.3) is 28.3 Å². The van der Waals surface area contributed by atoms with Crippen molar-refractivity contribution in [2.45, 2.75) is 12.3 Å². The standard InChI is InChI=1S/C28H20/c1-2-5-19(6-3-1)20-9-11-21(12-10-20)25-17-15-24-14-13-22-7-4-8-23-16-18-26(25)28(24)27(22)23/h1-17,27H,18H2. The molecule has 28 heavy (non-hydrogen) atoms. The summed E-state index contributed by atoms with van der Waals surface area (Å²) in [4.78, 5) is 0. The Hall–Kier alpha value is -3.38. The van der Waals surface area contributed by atoms with Gasteiger partial charge in [0.2, 0.25) is 0 Å². The summed E-state index contributed by atoms with van der Waals surface area (Å²) in [5.41, 5.74) is 12.5. The Balaban J connectivity index is 1.47. The van der Waals surface area contributed by atoms with Gasteiger partial charge in [-0.25, -0.2) is 0 Å². The van der Waals surface area contributed by atoms with Gasteiger partial charge in [0.25, 0.3) is 0 Å². The summed E-state index contributed by atoms with van der Waals surface area (Å²) in [6, 6.07) is 24.2. The molecular formula is C28H20. The Morgan fingerprint density at radius 1 is 0.643 bits per heavy atom. The van der Waals surface area contributed by atoms with Crippen LogP contribution in [0, 0.1) is 0 Å². The largest absolute Gasteiger partial charge is 0.0759 e. The van der Waals surface area contributed by atoms with E-state index in [-0.39, 0.29) is 0 Å². The average Bonchev–Trinajstić information content (AvgIpc) is 2.78. The maximum atomic E-state index is 2.42. The van der Waals surface area contributed by atoms with Crippen LogP contribution in [0.3, 0.4) is 0 Å². The van der Waals surface area contributed by atoms with Gasteiger partial charge in [-0.3, -0.25) is 0 Å². The monoisotopic (exact) mass is 356 g/mol. The van der Waals surface area contributed by atoms with Gasteiger partial charge in [-0.05, 0) is 56.5 Å². The summed E-state index contributed by atoms with van der Waals surface area (Å²) in [5.74, 6) is 0.414. The normalized spacial score (nSPS) is 18.4. The molecule has 0 heteroatoms. The van der Waals surface area contributed by atoms with Crippen LogP contribution in [-0.4, -0.2) is 0 Å². The molecule has 3 aromatic carbocycles. The van der Waals surface area contributed by atoms with Gasteiger partial charge in [0.15, 0.2) is 0 Å². The second-order valence-electron chi connectivity index (χ2n) is 7.74. The number of rotatable bonds is 2. The summed E-state index contributed by atoms with van der Waals surface area (Å²) >= 11 is 0. The molecule has 1 atom stereocenters. The number of benzene rings is 3. The number of hydrogen-bond donors (Lipinski definition) is 0. The predicted molar refractivity (Wildman–Crippen MR) is 118 cm³/mol. The summed E-state index contributed by atoms with van der Waals surface area (Å²) in [6.45, 7) is 0. The molecule has 0 fully saturated rings. The van der Waals surface area contributed by atoms with Crippen LogP contribution in [0.4, 0.5) is 0 Å². The summed E-state index contributed by atoms with van der Waals surface area (Å²) in [7, 11) is 0. The second kappa shape index (κ2) is 6.07. The molecule has 0 amide bonds. The van der Waals surface area contributed by atoms with Gasteiger partial charge >= 0.3 is 0 Å². The van der Waals surface area contributed by atoms with E-state index in [1.54, 1.807) is 0 Å². The SMILES string of the molecule is C1=CC2=CCc3c(-c4ccc(-c5ccccc5)cc4)ccc4c3C2C(=C1)C=C4. The summed E-state index contributed by atoms with van der Waals surface area (Å²) < 4.78 is 0. The van der Waals surface area contributed by atoms with Crippen LogP contribution in [0.2, 0.25) is 0 Å². The molecular weight excluding hydrogens is 336 g/mol. The van der Waals surface area contributed by atoms with Crippen LogP contribution in [0.1, 0.15) is 22.6 Å². The lowest BCUT2D eigenvalue weighted by atomic mass is 9.70. The third-order valence-corrected chi connectivity index (χ3v) is 6.22. The maximum Gasteiger partial charge on any atom is 0.0345 e. The molecule has 0 heterocycles. The van der Waals surface area contributed by atoms with Crippen LogP contribution in [0.15, 0.2) is 108 Å². The Morgan fingerprint density at radius 3 is 2.29 bits per heavy atom. The minimum atomic E-state index is 0.414. The van der Waals surface area contributed by atoms with E-state index in [4.69, 9.17) is 0 Å². The smallest absolute Gasteiger partial charge is 0.0345 e. The van der Waals surface area contributed by atoms with Crippen molar-refractivity contribution >= 4 is 6.08 Å². The molecule has 0 saturated carbocycles. The molecule has 3 aliphatic carbocycles. The number of hydrogen-bond acceptors (Lipinski definition) is 0. The van der Waals surface area contributed by atoms with E-state index in [1.807, 2.05) is 0 Å². The second-order valence-corrected chi connectivity index (χ2v) is 7.74. The van der Waals surface area contributed by atoms with Crippen LogP contribution in [0.5, 0.6) is 0 Å². The highest BCUT2D eigenvalue weighted by Crippen LogP contribution is 2.48. The molecule has 0 aromatic heterocycles. The van der Waals surface area contributed by atoms with Gasteiger partial charge in [-0.15, -0.1) is 0 Å². The van der Waals surface area contributed by atoms with E-state index in [2.05, 4.69) is 103 Å². The maximum absolute atomic E-state index is 2.42. The Morgan fingerprint density at radius 2 is 1.43 bits per heavy atom. The first kappa shape index (κ1) is 15.7. The predicted octanol–water partition coefficient (Wildman–Crippen LogP) is 7.11. The highest BCUT2D eigenvalue weighted by atomic mass is 14.3. The molecule has 3 aliphatic rings. The lowest BCUT2D eigenvalue weighted by Gasteiger charge is -2.34. The first-order chi connectivity index (χ1) is 13.9. The van der Waals surface area contributed by atoms with Crippen molar-refractivity contribution in [2.75, 3.05) is 0 Å². The zero-order valence-electron chi connectivity index (χ0n) is 15.6. The average molecular weight is 356 g/mol. The van der Waals surface area contributed by atoms with Crippen molar-refractivity contribution in [2.24, 2.45) is 0 Å². The van der Waals surface area contributed by atoms with E-state index in [9.17, 15) is 0 Å². The topological polar surface area (TPSA) is 0 Å². The molecule has 0 spiro atoms. The van der Waals surface area contributed by atoms with Crippen molar-refractivity contribution in [3.8, 4) is 22.3 Å². The Labute approximate surface area is 165 Å². The molecule has 0 saturated heterocycles. The van der Waals surface area contributed by atoms with E-state index < -0.39 is 0 Å². The van der Waals surface area contributed by atoms with Gasteiger partial charge < -0.3 is 0 Å².